The summed E-state index contributed by atoms with van der Waals surface area (Å²) in [6, 6.07) is 0. The molecule has 0 aromatic rings. The Labute approximate surface area is 174 Å². The summed E-state index contributed by atoms with van der Waals surface area (Å²) in [5.74, 6) is 0.803. The zero-order chi connectivity index (χ0) is 21.5. The Morgan fingerprint density at radius 1 is 0.643 bits per heavy atom. The van der Waals surface area contributed by atoms with Crippen molar-refractivity contribution in [1.82, 2.24) is 0 Å². The zero-order valence-electron chi connectivity index (χ0n) is 18.3. The number of unbranched alkanes of at least 4 members (excludes halogenated alkanes) is 11. The maximum atomic E-state index is 10.1. The lowest BCUT2D eigenvalue weighted by Gasteiger charge is -2.03. The second-order valence-corrected chi connectivity index (χ2v) is 9.04. The Balaban J connectivity index is 0. The predicted octanol–water partition coefficient (Wildman–Crippen LogP) is 7.44. The normalized spacial score (nSPS) is 11.9. The van der Waals surface area contributed by atoms with Gasteiger partial charge in [-0.1, -0.05) is 97.8 Å². The fourth-order valence-electron chi connectivity index (χ4n) is 2.71. The third-order valence-corrected chi connectivity index (χ3v) is 5.13. The van der Waals surface area contributed by atoms with Gasteiger partial charge in [0, 0.05) is 9.13 Å². The molecule has 0 aromatic carbocycles. The third-order valence-electron chi connectivity index (χ3n) is 4.33. The molecule has 0 saturated carbocycles. The molecule has 0 aromatic heterocycles. The molecular weight excluding hydrogens is 398 g/mol. The molecule has 0 heterocycles. The summed E-state index contributed by atoms with van der Waals surface area (Å²) in [5.41, 5.74) is 0. The second kappa shape index (κ2) is 25.1. The van der Waals surface area contributed by atoms with Crippen LogP contribution in [0.25, 0.3) is 0 Å². The lowest BCUT2D eigenvalue weighted by atomic mass is 10.0. The van der Waals surface area contributed by atoms with Crippen molar-refractivity contribution < 1.29 is 28.0 Å². The average Bonchev–Trinajstić information content (AvgIpc) is 2.62. The van der Waals surface area contributed by atoms with Gasteiger partial charge < -0.3 is 0 Å². The molecular formula is C20H44O6P2+2. The van der Waals surface area contributed by atoms with Crippen molar-refractivity contribution >= 4 is 16.5 Å². The summed E-state index contributed by atoms with van der Waals surface area (Å²) in [5, 5.41) is 0. The summed E-state index contributed by atoms with van der Waals surface area (Å²) in [4.78, 5) is 16.7. The Hall–Kier alpha value is 0.0400. The van der Waals surface area contributed by atoms with Crippen molar-refractivity contribution in [2.45, 2.75) is 111 Å². The van der Waals surface area contributed by atoms with Crippen LogP contribution in [0.2, 0.25) is 0 Å². The summed E-state index contributed by atoms with van der Waals surface area (Å²) in [6.07, 6.45) is 16.9. The first-order valence-corrected chi connectivity index (χ1v) is 13.2. The minimum Gasteiger partial charge on any atom is -0.133 e. The molecule has 0 amide bonds. The predicted molar refractivity (Wildman–Crippen MR) is 117 cm³/mol. The largest absolute Gasteiger partial charge is 0.694 e. The van der Waals surface area contributed by atoms with Crippen LogP contribution in [0.3, 0.4) is 0 Å². The van der Waals surface area contributed by atoms with Gasteiger partial charge in [0.05, 0.1) is 0 Å². The van der Waals surface area contributed by atoms with E-state index >= 15 is 0 Å². The minimum atomic E-state index is -2.39. The Morgan fingerprint density at radius 2 is 1.00 bits per heavy atom. The smallest absolute Gasteiger partial charge is 0.133 e. The minimum absolute atomic E-state index is 0.413. The molecule has 0 aliphatic carbocycles. The molecule has 2 N–H and O–H groups in total. The molecule has 0 aliphatic rings. The fourth-order valence-corrected chi connectivity index (χ4v) is 3.28. The van der Waals surface area contributed by atoms with Gasteiger partial charge in [0.1, 0.15) is 13.2 Å². The van der Waals surface area contributed by atoms with Crippen LogP contribution in [0.5, 0.6) is 0 Å². The highest BCUT2D eigenvalue weighted by molar-refractivity contribution is 7.32. The van der Waals surface area contributed by atoms with Crippen LogP contribution in [-0.2, 0) is 18.2 Å². The molecule has 2 unspecified atom stereocenters. The van der Waals surface area contributed by atoms with Gasteiger partial charge >= 0.3 is 16.5 Å². The van der Waals surface area contributed by atoms with E-state index in [2.05, 4.69) is 29.8 Å². The van der Waals surface area contributed by atoms with E-state index in [1.54, 1.807) is 0 Å². The van der Waals surface area contributed by atoms with E-state index in [-0.39, 0.29) is 0 Å². The van der Waals surface area contributed by atoms with Crippen molar-refractivity contribution in [3.8, 4) is 0 Å². The van der Waals surface area contributed by atoms with E-state index in [0.29, 0.717) is 13.2 Å². The number of hydrogen-bond donors (Lipinski definition) is 2. The highest BCUT2D eigenvalue weighted by Gasteiger charge is 2.10. The van der Waals surface area contributed by atoms with Gasteiger partial charge in [-0.2, -0.15) is 0 Å². The van der Waals surface area contributed by atoms with E-state index in [0.717, 1.165) is 31.6 Å². The Morgan fingerprint density at radius 3 is 1.36 bits per heavy atom. The molecule has 0 aliphatic heterocycles. The van der Waals surface area contributed by atoms with Crippen molar-refractivity contribution in [1.29, 1.82) is 0 Å². The maximum absolute atomic E-state index is 10.1. The molecule has 0 fully saturated rings. The Bertz CT molecular complexity index is 354. The standard InChI is InChI=1S/2C10H21O3P/c1-10(2)8-6-4-3-5-7-9-13-14(11)12;1-2-3-4-5-6-7-8-9-10-13-14(11)12/h10H,3-9H2,1-2H3;2-10H2,1H3/p+2. The average molecular weight is 443 g/mol. The van der Waals surface area contributed by atoms with Gasteiger partial charge in [0.15, 0.2) is 0 Å². The molecule has 0 radical (unpaired) electrons. The number of rotatable bonds is 19. The summed E-state index contributed by atoms with van der Waals surface area (Å²) < 4.78 is 29.4. The summed E-state index contributed by atoms with van der Waals surface area (Å²) in [6.45, 7) is 7.53. The second-order valence-electron chi connectivity index (χ2n) is 7.57. The topological polar surface area (TPSA) is 93.1 Å². The van der Waals surface area contributed by atoms with Gasteiger partial charge in [-0.3, -0.25) is 0 Å². The summed E-state index contributed by atoms with van der Waals surface area (Å²) in [7, 11) is -4.77. The lowest BCUT2D eigenvalue weighted by Crippen LogP contribution is -1.89. The molecule has 0 bridgehead atoms. The molecule has 8 heteroatoms. The van der Waals surface area contributed by atoms with Crippen LogP contribution in [-0.4, -0.2) is 23.0 Å². The molecule has 28 heavy (non-hydrogen) atoms. The maximum Gasteiger partial charge on any atom is 0.694 e. The van der Waals surface area contributed by atoms with Crippen molar-refractivity contribution in [3.63, 3.8) is 0 Å². The number of hydrogen-bond acceptors (Lipinski definition) is 4. The van der Waals surface area contributed by atoms with Gasteiger partial charge in [0.25, 0.3) is 0 Å². The van der Waals surface area contributed by atoms with Crippen molar-refractivity contribution in [3.05, 3.63) is 0 Å². The van der Waals surface area contributed by atoms with Crippen LogP contribution in [0.15, 0.2) is 0 Å². The van der Waals surface area contributed by atoms with E-state index in [4.69, 9.17) is 9.79 Å². The van der Waals surface area contributed by atoms with E-state index in [1.807, 2.05) is 0 Å². The molecule has 168 valence electrons. The molecule has 6 nitrogen and oxygen atoms in total. The lowest BCUT2D eigenvalue weighted by molar-refractivity contribution is 0.272. The molecule has 0 rings (SSSR count). The van der Waals surface area contributed by atoms with Crippen LogP contribution in [0.1, 0.15) is 111 Å². The summed E-state index contributed by atoms with van der Waals surface area (Å²) >= 11 is 0. The van der Waals surface area contributed by atoms with Gasteiger partial charge in [-0.05, 0) is 18.8 Å². The van der Waals surface area contributed by atoms with E-state index < -0.39 is 16.5 Å². The first kappa shape index (κ1) is 30.2. The quantitative estimate of drug-likeness (QED) is 0.159. The van der Waals surface area contributed by atoms with Gasteiger partial charge in [0.2, 0.25) is 0 Å². The van der Waals surface area contributed by atoms with Crippen LogP contribution in [0.4, 0.5) is 0 Å². The van der Waals surface area contributed by atoms with Crippen LogP contribution < -0.4 is 0 Å². The third kappa shape index (κ3) is 33.6. The molecule has 0 saturated heterocycles. The molecule has 2 atom stereocenters. The SMILES string of the molecule is CC(C)CCCCCCCO[P+](=O)O.CCCCCCCCCCO[P+](=O)O. The van der Waals surface area contributed by atoms with E-state index in [9.17, 15) is 9.13 Å². The fraction of sp³-hybridized carbons (Fsp3) is 1.00. The van der Waals surface area contributed by atoms with Crippen molar-refractivity contribution in [2.24, 2.45) is 5.92 Å². The first-order chi connectivity index (χ1) is 13.4. The van der Waals surface area contributed by atoms with Gasteiger partial charge in [-0.25, -0.2) is 0 Å². The highest BCUT2D eigenvalue weighted by atomic mass is 31.1. The zero-order valence-corrected chi connectivity index (χ0v) is 20.1. The Kier molecular flexibility index (Phi) is 27.1. The highest BCUT2D eigenvalue weighted by Crippen LogP contribution is 2.17. The monoisotopic (exact) mass is 442 g/mol. The van der Waals surface area contributed by atoms with Crippen LogP contribution >= 0.6 is 16.5 Å². The van der Waals surface area contributed by atoms with Crippen LogP contribution in [0, 0.1) is 5.92 Å². The van der Waals surface area contributed by atoms with E-state index in [1.165, 1.54) is 64.2 Å². The first-order valence-electron chi connectivity index (χ1n) is 11.0. The molecule has 0 spiro atoms. The van der Waals surface area contributed by atoms with Gasteiger partial charge in [-0.15, -0.1) is 18.8 Å². The van der Waals surface area contributed by atoms with Crippen molar-refractivity contribution in [2.75, 3.05) is 13.2 Å².